The molecular weight excluding hydrogens is 376 g/mol. The van der Waals surface area contributed by atoms with Crippen molar-refractivity contribution in [1.82, 2.24) is 25.1 Å². The summed E-state index contributed by atoms with van der Waals surface area (Å²) in [6.07, 6.45) is 1.78. The van der Waals surface area contributed by atoms with Crippen LogP contribution in [0, 0.1) is 25.7 Å². The van der Waals surface area contributed by atoms with Crippen LogP contribution in [0.3, 0.4) is 0 Å². The van der Waals surface area contributed by atoms with Crippen LogP contribution in [-0.2, 0) is 13.5 Å². The minimum atomic E-state index is -0.523. The number of carbonyl (C=O) groups is 1. The number of nitrogens with zero attached hydrogens (tertiary/aromatic N) is 5. The van der Waals surface area contributed by atoms with Gasteiger partial charge in [-0.25, -0.2) is 9.67 Å². The van der Waals surface area contributed by atoms with Crippen molar-refractivity contribution >= 4 is 23.2 Å². The van der Waals surface area contributed by atoms with Gasteiger partial charge in [-0.1, -0.05) is 6.92 Å². The first kappa shape index (κ1) is 19.3. The molecule has 8 nitrogen and oxygen atoms in total. The van der Waals surface area contributed by atoms with Crippen molar-refractivity contribution in [3.8, 4) is 0 Å². The molecule has 2 N–H and O–H groups in total. The molecule has 3 heterocycles. The summed E-state index contributed by atoms with van der Waals surface area (Å²) in [6.45, 7) is 7.58. The summed E-state index contributed by atoms with van der Waals surface area (Å²) in [7, 11) is 1.93. The van der Waals surface area contributed by atoms with Crippen LogP contribution in [0.25, 0.3) is 0 Å². The van der Waals surface area contributed by atoms with Gasteiger partial charge in [0.05, 0.1) is 22.8 Å². The molecule has 152 valence electrons. The van der Waals surface area contributed by atoms with Gasteiger partial charge in [-0.05, 0) is 38.5 Å². The Balaban J connectivity index is 1.43. The number of hydrogen-bond donors (Lipinski definition) is 2. The standard InChI is InChI=1S/C19H28N6O2S/c1-5-16-22-19(24(4)23-16)25-8-12-6-14(15(26)7-13(12)9-25)21-18(27)17-10(2)20-11(3)28-17/h12-15,26H,5-9H2,1-4H3,(H,21,27)/t12-,13+,14-,15-/m0/s1. The quantitative estimate of drug-likeness (QED) is 0.801. The first-order valence-electron chi connectivity index (χ1n) is 9.93. The van der Waals surface area contributed by atoms with Crippen LogP contribution in [0.4, 0.5) is 5.95 Å². The number of nitrogens with one attached hydrogen (secondary N) is 1. The largest absolute Gasteiger partial charge is 0.391 e. The van der Waals surface area contributed by atoms with E-state index < -0.39 is 6.10 Å². The van der Waals surface area contributed by atoms with Gasteiger partial charge >= 0.3 is 0 Å². The molecule has 0 spiro atoms. The van der Waals surface area contributed by atoms with E-state index in [-0.39, 0.29) is 11.9 Å². The summed E-state index contributed by atoms with van der Waals surface area (Å²) in [6, 6.07) is -0.221. The van der Waals surface area contributed by atoms with E-state index in [1.807, 2.05) is 25.6 Å². The summed E-state index contributed by atoms with van der Waals surface area (Å²) in [5.74, 6) is 2.48. The number of hydrogen-bond acceptors (Lipinski definition) is 7. The molecule has 4 rings (SSSR count). The molecule has 2 aromatic heterocycles. The summed E-state index contributed by atoms with van der Waals surface area (Å²) in [5.41, 5.74) is 0.754. The molecule has 0 unspecified atom stereocenters. The predicted octanol–water partition coefficient (Wildman–Crippen LogP) is 1.46. The van der Waals surface area contributed by atoms with Crippen molar-refractivity contribution in [3.63, 3.8) is 0 Å². The van der Waals surface area contributed by atoms with Crippen LogP contribution in [0.1, 0.15) is 46.0 Å². The van der Waals surface area contributed by atoms with E-state index >= 15 is 0 Å². The number of aryl methyl sites for hydroxylation is 4. The number of thiazole rings is 1. The molecule has 0 radical (unpaired) electrons. The normalized spacial score (nSPS) is 27.1. The van der Waals surface area contributed by atoms with E-state index in [9.17, 15) is 9.90 Å². The average molecular weight is 405 g/mol. The van der Waals surface area contributed by atoms with Crippen LogP contribution in [0.5, 0.6) is 0 Å². The van der Waals surface area contributed by atoms with Gasteiger partial charge in [0, 0.05) is 26.6 Å². The van der Waals surface area contributed by atoms with Gasteiger partial charge in [0.2, 0.25) is 5.95 Å². The third-order valence-electron chi connectivity index (χ3n) is 5.95. The maximum absolute atomic E-state index is 12.7. The number of amides is 1. The topological polar surface area (TPSA) is 96.2 Å². The van der Waals surface area contributed by atoms with E-state index in [0.29, 0.717) is 23.1 Å². The fourth-order valence-corrected chi connectivity index (χ4v) is 5.40. The summed E-state index contributed by atoms with van der Waals surface area (Å²) < 4.78 is 1.85. The van der Waals surface area contributed by atoms with Crippen LogP contribution in [-0.4, -0.2) is 56.0 Å². The lowest BCUT2D eigenvalue weighted by atomic mass is 9.77. The van der Waals surface area contributed by atoms with Gasteiger partial charge < -0.3 is 15.3 Å². The summed E-state index contributed by atoms with van der Waals surface area (Å²) in [4.78, 5) is 24.6. The van der Waals surface area contributed by atoms with Crippen LogP contribution < -0.4 is 10.2 Å². The van der Waals surface area contributed by atoms with E-state index in [1.54, 1.807) is 0 Å². The summed E-state index contributed by atoms with van der Waals surface area (Å²) in [5, 5.41) is 19.1. The molecule has 2 aromatic rings. The maximum Gasteiger partial charge on any atom is 0.263 e. The molecule has 2 aliphatic rings. The molecular formula is C19H28N6O2S. The second-order valence-electron chi connectivity index (χ2n) is 8.00. The first-order chi connectivity index (χ1) is 13.4. The van der Waals surface area contributed by atoms with E-state index in [2.05, 4.69) is 32.2 Å². The number of aromatic nitrogens is 4. The van der Waals surface area contributed by atoms with Gasteiger partial charge in [-0.15, -0.1) is 11.3 Å². The molecule has 1 aliphatic carbocycles. The highest BCUT2D eigenvalue weighted by Crippen LogP contribution is 2.38. The molecule has 1 saturated heterocycles. The maximum atomic E-state index is 12.7. The van der Waals surface area contributed by atoms with Crippen molar-refractivity contribution in [2.24, 2.45) is 18.9 Å². The van der Waals surface area contributed by atoms with Crippen molar-refractivity contribution < 1.29 is 9.90 Å². The number of fused-ring (bicyclic) bond motifs is 1. The van der Waals surface area contributed by atoms with E-state index in [1.165, 1.54) is 11.3 Å². The monoisotopic (exact) mass is 404 g/mol. The van der Waals surface area contributed by atoms with Crippen LogP contribution in [0.2, 0.25) is 0 Å². The zero-order valence-electron chi connectivity index (χ0n) is 16.8. The first-order valence-corrected chi connectivity index (χ1v) is 10.7. The molecule has 2 fully saturated rings. The lowest BCUT2D eigenvalue weighted by molar-refractivity contribution is 0.0463. The minimum absolute atomic E-state index is 0.124. The highest BCUT2D eigenvalue weighted by atomic mass is 32.1. The fraction of sp³-hybridized carbons (Fsp3) is 0.684. The van der Waals surface area contributed by atoms with E-state index in [0.717, 1.165) is 48.4 Å². The molecule has 0 aromatic carbocycles. The average Bonchev–Trinajstić information content (AvgIpc) is 3.31. The second kappa shape index (κ2) is 7.44. The van der Waals surface area contributed by atoms with Crippen LogP contribution >= 0.6 is 11.3 Å². The molecule has 9 heteroatoms. The van der Waals surface area contributed by atoms with Gasteiger partial charge in [0.25, 0.3) is 5.91 Å². The smallest absolute Gasteiger partial charge is 0.263 e. The Bertz CT molecular complexity index is 878. The fourth-order valence-electron chi connectivity index (χ4n) is 4.58. The summed E-state index contributed by atoms with van der Waals surface area (Å²) >= 11 is 1.40. The molecule has 0 bridgehead atoms. The zero-order valence-corrected chi connectivity index (χ0v) is 17.7. The molecule has 1 saturated carbocycles. The van der Waals surface area contributed by atoms with Gasteiger partial charge in [-0.3, -0.25) is 4.79 Å². The molecule has 28 heavy (non-hydrogen) atoms. The predicted molar refractivity (Wildman–Crippen MR) is 108 cm³/mol. The lowest BCUT2D eigenvalue weighted by Crippen LogP contribution is -2.49. The Morgan fingerprint density at radius 1 is 1.25 bits per heavy atom. The van der Waals surface area contributed by atoms with Crippen molar-refractivity contribution in [1.29, 1.82) is 0 Å². The number of anilines is 1. The number of aliphatic hydroxyl groups excluding tert-OH is 1. The number of carbonyl (C=O) groups excluding carboxylic acids is 1. The van der Waals surface area contributed by atoms with Crippen molar-refractivity contribution in [2.75, 3.05) is 18.0 Å². The SMILES string of the molecule is CCc1nc(N2C[C@H]3C[C@H](O)[C@@H](NC(=O)c4sc(C)nc4C)C[C@H]3C2)n(C)n1. The Morgan fingerprint density at radius 3 is 2.57 bits per heavy atom. The van der Waals surface area contributed by atoms with E-state index in [4.69, 9.17) is 0 Å². The third-order valence-corrected chi connectivity index (χ3v) is 7.02. The highest BCUT2D eigenvalue weighted by molar-refractivity contribution is 7.13. The highest BCUT2D eigenvalue weighted by Gasteiger charge is 2.43. The van der Waals surface area contributed by atoms with Crippen molar-refractivity contribution in [3.05, 3.63) is 21.4 Å². The Morgan fingerprint density at radius 2 is 1.96 bits per heavy atom. The Labute approximate surface area is 169 Å². The van der Waals surface area contributed by atoms with Crippen molar-refractivity contribution in [2.45, 2.75) is 52.2 Å². The molecule has 1 amide bonds. The molecule has 4 atom stereocenters. The number of aliphatic hydroxyl groups is 1. The molecule has 1 aliphatic heterocycles. The zero-order chi connectivity index (χ0) is 20.0. The number of rotatable bonds is 4. The Hall–Kier alpha value is -2.00. The minimum Gasteiger partial charge on any atom is -0.391 e. The van der Waals surface area contributed by atoms with Gasteiger partial charge in [0.1, 0.15) is 4.88 Å². The van der Waals surface area contributed by atoms with Gasteiger partial charge in [0.15, 0.2) is 5.82 Å². The second-order valence-corrected chi connectivity index (χ2v) is 9.20. The third kappa shape index (κ3) is 3.53. The lowest BCUT2D eigenvalue weighted by Gasteiger charge is -2.35. The van der Waals surface area contributed by atoms with Crippen LogP contribution in [0.15, 0.2) is 0 Å². The Kier molecular flexibility index (Phi) is 5.13. The van der Waals surface area contributed by atoms with Gasteiger partial charge in [-0.2, -0.15) is 10.1 Å².